The third-order valence-electron chi connectivity index (χ3n) is 2.35. The third kappa shape index (κ3) is 12.3. The van der Waals surface area contributed by atoms with Gasteiger partial charge >= 0.3 is 8.56 Å². The molecule has 0 rings (SSSR count). The van der Waals surface area contributed by atoms with Gasteiger partial charge in [-0.3, -0.25) is 4.90 Å². The van der Waals surface area contributed by atoms with Crippen LogP contribution in [0, 0.1) is 0 Å². The second kappa shape index (κ2) is 11.2. The molecule has 1 unspecified atom stereocenters. The molecule has 0 aromatic carbocycles. The van der Waals surface area contributed by atoms with Crippen LogP contribution in [0.15, 0.2) is 0 Å². The van der Waals surface area contributed by atoms with E-state index in [0.717, 1.165) is 25.7 Å². The molecular weight excluding hydrogens is 234 g/mol. The van der Waals surface area contributed by atoms with E-state index in [9.17, 15) is 0 Å². The highest BCUT2D eigenvalue weighted by Gasteiger charge is 2.28. The predicted molar refractivity (Wildman–Crippen MR) is 75.3 cm³/mol. The Morgan fingerprint density at radius 3 is 1.65 bits per heavy atom. The first-order valence-corrected chi connectivity index (χ1v) is 8.97. The number of aliphatic hydroxyl groups is 1. The first kappa shape index (κ1) is 19.4. The molecule has 1 N–H and O–H groups in total. The highest BCUT2D eigenvalue weighted by Crippen LogP contribution is 2.14. The summed E-state index contributed by atoms with van der Waals surface area (Å²) < 4.78 is 11.3. The minimum Gasteiger partial charge on any atom is -0.395 e. The van der Waals surface area contributed by atoms with Crippen molar-refractivity contribution in [3.05, 3.63) is 0 Å². The summed E-state index contributed by atoms with van der Waals surface area (Å²) in [5.41, 5.74) is 0. The second-order valence-electron chi connectivity index (χ2n) is 4.35. The third-order valence-corrected chi connectivity index (χ3v) is 5.56. The van der Waals surface area contributed by atoms with Crippen molar-refractivity contribution in [3.63, 3.8) is 0 Å². The molecule has 0 aliphatic carbocycles. The monoisotopic (exact) mass is 265 g/mol. The fourth-order valence-electron chi connectivity index (χ4n) is 1.25. The fraction of sp³-hybridized carbons (Fsp3) is 1.00. The molecule has 4 nitrogen and oxygen atoms in total. The summed E-state index contributed by atoms with van der Waals surface area (Å²) in [6, 6.07) is 1.11. The van der Waals surface area contributed by atoms with E-state index in [4.69, 9.17) is 14.0 Å². The largest absolute Gasteiger partial charge is 0.395 e. The van der Waals surface area contributed by atoms with E-state index in [1.165, 1.54) is 0 Å². The van der Waals surface area contributed by atoms with Gasteiger partial charge in [0.05, 0.1) is 0 Å². The number of aliphatic hydroxyl groups excluding tert-OH is 1. The van der Waals surface area contributed by atoms with Crippen LogP contribution in [-0.2, 0) is 8.85 Å². The van der Waals surface area contributed by atoms with Crippen molar-refractivity contribution >= 4 is 8.56 Å². The number of rotatable bonds is 7. The maximum Gasteiger partial charge on any atom is 0.334 e. The maximum absolute atomic E-state index is 8.56. The molecule has 0 bridgehead atoms. The van der Waals surface area contributed by atoms with Gasteiger partial charge in [0.25, 0.3) is 0 Å². The second-order valence-corrected chi connectivity index (χ2v) is 7.69. The van der Waals surface area contributed by atoms with Gasteiger partial charge in [-0.2, -0.15) is 0 Å². The zero-order valence-electron chi connectivity index (χ0n) is 12.6. The summed E-state index contributed by atoms with van der Waals surface area (Å²) in [7, 11) is 1.90. The van der Waals surface area contributed by atoms with E-state index in [-0.39, 0.29) is 6.23 Å². The molecular formula is C12H31NO3Si. The molecule has 0 saturated heterocycles. The van der Waals surface area contributed by atoms with Gasteiger partial charge in [-0.25, -0.2) is 0 Å². The molecule has 0 amide bonds. The lowest BCUT2D eigenvalue weighted by molar-refractivity contribution is 0.0578. The van der Waals surface area contributed by atoms with Crippen LogP contribution in [0.5, 0.6) is 0 Å². The van der Waals surface area contributed by atoms with Crippen molar-refractivity contribution in [3.8, 4) is 0 Å². The lowest BCUT2D eigenvalue weighted by Gasteiger charge is -2.25. The Hall–Kier alpha value is 0.0569. The van der Waals surface area contributed by atoms with Crippen LogP contribution in [-0.4, -0.2) is 52.1 Å². The van der Waals surface area contributed by atoms with Gasteiger partial charge in [-0.05, 0) is 47.5 Å². The minimum absolute atomic E-state index is 0.315. The maximum atomic E-state index is 8.56. The molecule has 0 saturated carbocycles. The van der Waals surface area contributed by atoms with Crippen LogP contribution in [0.25, 0.3) is 0 Å². The van der Waals surface area contributed by atoms with Gasteiger partial charge in [0.1, 0.15) is 6.23 Å². The van der Waals surface area contributed by atoms with E-state index < -0.39 is 8.56 Å². The van der Waals surface area contributed by atoms with Gasteiger partial charge in [-0.15, -0.1) is 0 Å². The van der Waals surface area contributed by atoms with E-state index in [1.807, 2.05) is 27.9 Å². The van der Waals surface area contributed by atoms with E-state index in [2.05, 4.69) is 13.5 Å². The molecule has 0 aromatic rings. The lowest BCUT2D eigenvalue weighted by atomic mass is 10.6. The van der Waals surface area contributed by atoms with E-state index >= 15 is 0 Å². The molecule has 0 aliphatic heterocycles. The minimum atomic E-state index is -1.75. The first-order valence-electron chi connectivity index (χ1n) is 6.45. The number of hydrogen-bond acceptors (Lipinski definition) is 4. The summed E-state index contributed by atoms with van der Waals surface area (Å²) in [5, 5.41) is 8.56. The average molecular weight is 265 g/mol. The van der Waals surface area contributed by atoms with Crippen molar-refractivity contribution in [2.75, 3.05) is 27.3 Å². The van der Waals surface area contributed by atoms with Crippen LogP contribution in [0.3, 0.4) is 0 Å². The summed E-state index contributed by atoms with van der Waals surface area (Å²) >= 11 is 0. The topological polar surface area (TPSA) is 41.9 Å². The molecule has 0 fully saturated rings. The summed E-state index contributed by atoms with van der Waals surface area (Å²) in [5.74, 6) is 0. The Morgan fingerprint density at radius 1 is 1.12 bits per heavy atom. The molecule has 0 heterocycles. The van der Waals surface area contributed by atoms with E-state index in [1.54, 1.807) is 11.8 Å². The van der Waals surface area contributed by atoms with Crippen molar-refractivity contribution in [2.45, 2.75) is 52.9 Å². The Balaban J connectivity index is 0. The van der Waals surface area contributed by atoms with Crippen LogP contribution < -0.4 is 0 Å². The molecule has 0 spiro atoms. The summed E-state index contributed by atoms with van der Waals surface area (Å²) in [6.07, 6.45) is 0.841. The Morgan fingerprint density at radius 2 is 1.47 bits per heavy atom. The molecule has 5 heteroatoms. The zero-order chi connectivity index (χ0) is 13.9. The van der Waals surface area contributed by atoms with Gasteiger partial charge in [0.2, 0.25) is 0 Å². The average Bonchev–Trinajstić information content (AvgIpc) is 2.19. The molecule has 0 radical (unpaired) electrons. The van der Waals surface area contributed by atoms with Gasteiger partial charge in [-0.1, -0.05) is 13.3 Å². The first-order chi connectivity index (χ1) is 7.82. The van der Waals surface area contributed by atoms with Crippen LogP contribution in [0.4, 0.5) is 0 Å². The smallest absolute Gasteiger partial charge is 0.334 e. The van der Waals surface area contributed by atoms with Crippen molar-refractivity contribution < 1.29 is 14.0 Å². The Labute approximate surface area is 108 Å². The predicted octanol–water partition coefficient (Wildman–Crippen LogP) is 2.43. The van der Waals surface area contributed by atoms with Gasteiger partial charge < -0.3 is 14.0 Å². The normalized spacial score (nSPS) is 13.2. The van der Waals surface area contributed by atoms with Crippen molar-refractivity contribution in [2.24, 2.45) is 0 Å². The molecule has 106 valence electrons. The summed E-state index contributed by atoms with van der Waals surface area (Å²) in [4.78, 5) is 1.72. The van der Waals surface area contributed by atoms with E-state index in [0.29, 0.717) is 0 Å². The molecule has 17 heavy (non-hydrogen) atoms. The van der Waals surface area contributed by atoms with Crippen molar-refractivity contribution in [1.82, 2.24) is 4.90 Å². The lowest BCUT2D eigenvalue weighted by Crippen LogP contribution is -2.38. The van der Waals surface area contributed by atoms with Gasteiger partial charge in [0, 0.05) is 13.2 Å². The van der Waals surface area contributed by atoms with Gasteiger partial charge in [0.15, 0.2) is 0 Å². The zero-order valence-corrected chi connectivity index (χ0v) is 13.6. The SMILES string of the molecule is CC(O)N(C)C.CCC[Si](C)(OCC)OCC. The fourth-order valence-corrected chi connectivity index (χ4v) is 3.75. The Bertz CT molecular complexity index is 143. The van der Waals surface area contributed by atoms with Crippen LogP contribution >= 0.6 is 0 Å². The summed E-state index contributed by atoms with van der Waals surface area (Å²) in [6.45, 7) is 11.7. The van der Waals surface area contributed by atoms with Crippen LogP contribution in [0.1, 0.15) is 34.1 Å². The number of nitrogens with zero attached hydrogens (tertiary/aromatic N) is 1. The standard InChI is InChI=1S/C8H20O2Si.C4H11NO/c1-5-8-11(4,9-6-2)10-7-3;1-4(6)5(2)3/h5-8H2,1-4H3;4,6H,1-3H3. The Kier molecular flexibility index (Phi) is 12.7. The molecule has 1 atom stereocenters. The molecule has 0 aromatic heterocycles. The number of hydrogen-bond donors (Lipinski definition) is 1. The molecule has 0 aliphatic rings. The van der Waals surface area contributed by atoms with Crippen LogP contribution in [0.2, 0.25) is 12.6 Å². The van der Waals surface area contributed by atoms with Crippen molar-refractivity contribution in [1.29, 1.82) is 0 Å². The highest BCUT2D eigenvalue weighted by molar-refractivity contribution is 6.66. The highest BCUT2D eigenvalue weighted by atomic mass is 28.4. The quantitative estimate of drug-likeness (QED) is 0.567.